The van der Waals surface area contributed by atoms with Crippen molar-refractivity contribution in [1.29, 1.82) is 0 Å². The minimum atomic E-state index is -0.916. The quantitative estimate of drug-likeness (QED) is 0.678. The molecule has 3 N–H and O–H groups in total. The van der Waals surface area contributed by atoms with Crippen LogP contribution >= 0.6 is 0 Å². The van der Waals surface area contributed by atoms with Gasteiger partial charge >= 0.3 is 5.97 Å². The van der Waals surface area contributed by atoms with E-state index < -0.39 is 17.8 Å². The first-order valence-corrected chi connectivity index (χ1v) is 7.19. The van der Waals surface area contributed by atoms with Gasteiger partial charge in [-0.15, -0.1) is 0 Å². The van der Waals surface area contributed by atoms with Crippen LogP contribution in [0.3, 0.4) is 0 Å². The highest BCUT2D eigenvalue weighted by Gasteiger charge is 2.25. The monoisotopic (exact) mass is 296 g/mol. The predicted molar refractivity (Wildman–Crippen MR) is 72.6 cm³/mol. The van der Waals surface area contributed by atoms with Crippen LogP contribution in [0.15, 0.2) is 4.52 Å². The first-order valence-electron chi connectivity index (χ1n) is 7.19. The van der Waals surface area contributed by atoms with Gasteiger partial charge in [0.15, 0.2) is 0 Å². The average molecular weight is 296 g/mol. The fraction of sp³-hybridized carbons (Fsp3) is 0.692. The van der Waals surface area contributed by atoms with Gasteiger partial charge in [0, 0.05) is 6.54 Å². The lowest BCUT2D eigenvalue weighted by Crippen LogP contribution is -2.33. The second-order valence-corrected chi connectivity index (χ2v) is 5.14. The molecule has 8 nitrogen and oxygen atoms in total. The van der Waals surface area contributed by atoms with E-state index in [4.69, 9.17) is 9.63 Å². The van der Waals surface area contributed by atoms with Crippen LogP contribution in [0.5, 0.6) is 0 Å². The number of carboxylic acid groups (broad SMARTS) is 1. The molecular weight excluding hydrogens is 276 g/mol. The summed E-state index contributed by atoms with van der Waals surface area (Å²) in [4.78, 5) is 27.0. The van der Waals surface area contributed by atoms with E-state index in [0.717, 1.165) is 25.8 Å². The SMILES string of the molecule is CCCC(CNC(=O)c1noc(C2CCCN2)n1)C(=O)O. The van der Waals surface area contributed by atoms with Crippen LogP contribution in [0.4, 0.5) is 0 Å². The van der Waals surface area contributed by atoms with Gasteiger partial charge in [-0.05, 0) is 25.8 Å². The number of hydrogen-bond acceptors (Lipinski definition) is 6. The summed E-state index contributed by atoms with van der Waals surface area (Å²) in [6.07, 6.45) is 3.19. The van der Waals surface area contributed by atoms with E-state index in [9.17, 15) is 9.59 Å². The summed E-state index contributed by atoms with van der Waals surface area (Å²) in [5.74, 6) is -1.67. The largest absolute Gasteiger partial charge is 0.481 e. The number of nitrogens with zero attached hydrogens (tertiary/aromatic N) is 2. The first kappa shape index (κ1) is 15.4. The summed E-state index contributed by atoms with van der Waals surface area (Å²) in [6.45, 7) is 2.86. The number of aliphatic carboxylic acids is 1. The van der Waals surface area contributed by atoms with Crippen molar-refractivity contribution in [2.24, 2.45) is 5.92 Å². The van der Waals surface area contributed by atoms with Gasteiger partial charge in [0.2, 0.25) is 5.89 Å². The van der Waals surface area contributed by atoms with Crippen molar-refractivity contribution in [3.8, 4) is 0 Å². The fourth-order valence-electron chi connectivity index (χ4n) is 2.32. The molecule has 0 spiro atoms. The van der Waals surface area contributed by atoms with Gasteiger partial charge in [-0.25, -0.2) is 0 Å². The maximum atomic E-state index is 11.9. The van der Waals surface area contributed by atoms with Crippen molar-refractivity contribution in [2.45, 2.75) is 38.6 Å². The zero-order chi connectivity index (χ0) is 15.2. The Morgan fingerprint density at radius 2 is 2.38 bits per heavy atom. The Morgan fingerprint density at radius 3 is 3.00 bits per heavy atom. The highest BCUT2D eigenvalue weighted by Crippen LogP contribution is 2.20. The van der Waals surface area contributed by atoms with Gasteiger partial charge in [0.25, 0.3) is 11.7 Å². The molecule has 2 unspecified atom stereocenters. The van der Waals surface area contributed by atoms with Crippen molar-refractivity contribution in [1.82, 2.24) is 20.8 Å². The summed E-state index contributed by atoms with van der Waals surface area (Å²) < 4.78 is 5.07. The second kappa shape index (κ2) is 7.16. The summed E-state index contributed by atoms with van der Waals surface area (Å²) in [7, 11) is 0. The Kier molecular flexibility index (Phi) is 5.26. The van der Waals surface area contributed by atoms with Gasteiger partial charge in [-0.2, -0.15) is 4.98 Å². The van der Waals surface area contributed by atoms with E-state index in [1.807, 2.05) is 6.92 Å². The molecule has 1 aromatic rings. The molecule has 1 aromatic heterocycles. The molecular formula is C13H20N4O4. The van der Waals surface area contributed by atoms with E-state index in [0.29, 0.717) is 12.3 Å². The topological polar surface area (TPSA) is 117 Å². The molecule has 1 aliphatic rings. The summed E-state index contributed by atoms with van der Waals surface area (Å²) in [6, 6.07) is 0.00547. The van der Waals surface area contributed by atoms with Crippen LogP contribution in [0.25, 0.3) is 0 Å². The number of carboxylic acids is 1. The zero-order valence-electron chi connectivity index (χ0n) is 12.0. The number of hydrogen-bond donors (Lipinski definition) is 3. The fourth-order valence-corrected chi connectivity index (χ4v) is 2.32. The molecule has 0 radical (unpaired) electrons. The van der Waals surface area contributed by atoms with E-state index in [1.165, 1.54) is 0 Å². The summed E-state index contributed by atoms with van der Waals surface area (Å²) in [5.41, 5.74) is 0. The number of carbonyl (C=O) groups is 2. The molecule has 1 aliphatic heterocycles. The lowest BCUT2D eigenvalue weighted by molar-refractivity contribution is -0.141. The average Bonchev–Trinajstić information content (AvgIpc) is 3.11. The molecule has 0 saturated carbocycles. The van der Waals surface area contributed by atoms with E-state index in [1.54, 1.807) is 0 Å². The van der Waals surface area contributed by atoms with Crippen LogP contribution in [0.1, 0.15) is 55.2 Å². The van der Waals surface area contributed by atoms with E-state index >= 15 is 0 Å². The molecule has 8 heteroatoms. The van der Waals surface area contributed by atoms with Crippen molar-refractivity contribution in [2.75, 3.05) is 13.1 Å². The third-order valence-corrected chi connectivity index (χ3v) is 3.50. The zero-order valence-corrected chi connectivity index (χ0v) is 12.0. The molecule has 2 atom stereocenters. The predicted octanol–water partition coefficient (Wildman–Crippen LogP) is 0.725. The van der Waals surface area contributed by atoms with E-state index in [2.05, 4.69) is 20.8 Å². The smallest absolute Gasteiger partial charge is 0.308 e. The lowest BCUT2D eigenvalue weighted by atomic mass is 10.0. The van der Waals surface area contributed by atoms with Crippen molar-refractivity contribution in [3.63, 3.8) is 0 Å². The van der Waals surface area contributed by atoms with Gasteiger partial charge < -0.3 is 20.3 Å². The Bertz CT molecular complexity index is 496. The van der Waals surface area contributed by atoms with Crippen LogP contribution in [-0.4, -0.2) is 40.2 Å². The highest BCUT2D eigenvalue weighted by atomic mass is 16.5. The lowest BCUT2D eigenvalue weighted by Gasteiger charge is -2.10. The van der Waals surface area contributed by atoms with Crippen molar-refractivity contribution in [3.05, 3.63) is 11.7 Å². The van der Waals surface area contributed by atoms with Crippen LogP contribution in [0.2, 0.25) is 0 Å². The Morgan fingerprint density at radius 1 is 1.57 bits per heavy atom. The first-order chi connectivity index (χ1) is 10.1. The summed E-state index contributed by atoms with van der Waals surface area (Å²) in [5, 5.41) is 18.4. The molecule has 1 saturated heterocycles. The molecule has 116 valence electrons. The highest BCUT2D eigenvalue weighted by molar-refractivity contribution is 5.90. The second-order valence-electron chi connectivity index (χ2n) is 5.14. The van der Waals surface area contributed by atoms with Gasteiger partial charge in [-0.3, -0.25) is 9.59 Å². The Hall–Kier alpha value is -1.96. The third kappa shape index (κ3) is 4.01. The van der Waals surface area contributed by atoms with Gasteiger partial charge in [-0.1, -0.05) is 18.5 Å². The normalized spacial score (nSPS) is 19.4. The van der Waals surface area contributed by atoms with Crippen molar-refractivity contribution < 1.29 is 19.2 Å². The summed E-state index contributed by atoms with van der Waals surface area (Å²) >= 11 is 0. The molecule has 1 amide bonds. The number of nitrogens with one attached hydrogen (secondary N) is 2. The van der Waals surface area contributed by atoms with Crippen LogP contribution in [0, 0.1) is 5.92 Å². The molecule has 2 heterocycles. The maximum Gasteiger partial charge on any atom is 0.308 e. The Labute approximate surface area is 122 Å². The number of aromatic nitrogens is 2. The molecule has 1 fully saturated rings. The number of rotatable bonds is 7. The minimum Gasteiger partial charge on any atom is -0.481 e. The third-order valence-electron chi connectivity index (χ3n) is 3.50. The van der Waals surface area contributed by atoms with E-state index in [-0.39, 0.29) is 18.4 Å². The maximum absolute atomic E-state index is 11.9. The van der Waals surface area contributed by atoms with Gasteiger partial charge in [0.1, 0.15) is 0 Å². The molecule has 2 rings (SSSR count). The molecule has 0 aromatic carbocycles. The number of carbonyl (C=O) groups excluding carboxylic acids is 1. The molecule has 0 aliphatic carbocycles. The van der Waals surface area contributed by atoms with Crippen LogP contribution in [-0.2, 0) is 4.79 Å². The Balaban J connectivity index is 1.89. The molecule has 0 bridgehead atoms. The van der Waals surface area contributed by atoms with Crippen LogP contribution < -0.4 is 10.6 Å². The number of amides is 1. The minimum absolute atomic E-state index is 0.00547. The van der Waals surface area contributed by atoms with Gasteiger partial charge in [0.05, 0.1) is 12.0 Å². The standard InChI is InChI=1S/C13H20N4O4/c1-2-4-8(13(19)20)7-15-11(18)10-16-12(21-17-10)9-5-3-6-14-9/h8-9,14H,2-7H2,1H3,(H,15,18)(H,19,20). The van der Waals surface area contributed by atoms with Crippen molar-refractivity contribution >= 4 is 11.9 Å². The molecule has 21 heavy (non-hydrogen) atoms.